The maximum atomic E-state index is 12.8. The summed E-state index contributed by atoms with van der Waals surface area (Å²) in [7, 11) is 0. The Kier molecular flexibility index (Phi) is 3.38. The summed E-state index contributed by atoms with van der Waals surface area (Å²) >= 11 is 0. The van der Waals surface area contributed by atoms with Crippen molar-refractivity contribution >= 4 is 5.91 Å². The number of nitrogens with two attached hydrogens (primary N) is 1. The lowest BCUT2D eigenvalue weighted by Crippen LogP contribution is -2.30. The number of nitrogens with one attached hydrogen (secondary N) is 1. The topological polar surface area (TPSA) is 72.9 Å². The fourth-order valence-electron chi connectivity index (χ4n) is 1.62. The van der Waals surface area contributed by atoms with Gasteiger partial charge in [0.05, 0.1) is 6.54 Å². The van der Waals surface area contributed by atoms with Crippen LogP contribution in [0.2, 0.25) is 0 Å². The van der Waals surface area contributed by atoms with Gasteiger partial charge in [0.15, 0.2) is 5.69 Å². The van der Waals surface area contributed by atoms with Gasteiger partial charge in [-0.25, -0.2) is 10.2 Å². The molecule has 0 fully saturated rings. The van der Waals surface area contributed by atoms with Crippen molar-refractivity contribution < 1.29 is 9.18 Å². The monoisotopic (exact) mass is 248 g/mol. The normalized spacial score (nSPS) is 10.4. The molecule has 18 heavy (non-hydrogen) atoms. The van der Waals surface area contributed by atoms with E-state index >= 15 is 0 Å². The number of amides is 1. The van der Waals surface area contributed by atoms with Crippen LogP contribution in [0.25, 0.3) is 0 Å². The minimum absolute atomic E-state index is 0.261. The highest BCUT2D eigenvalue weighted by Gasteiger charge is 2.10. The second-order valence-electron chi connectivity index (χ2n) is 3.93. The molecule has 2 rings (SSSR count). The summed E-state index contributed by atoms with van der Waals surface area (Å²) in [4.78, 5) is 11.3. The zero-order valence-corrected chi connectivity index (χ0v) is 9.85. The third-order valence-electron chi connectivity index (χ3n) is 2.59. The maximum Gasteiger partial charge on any atom is 0.285 e. The third kappa shape index (κ3) is 2.54. The Hall–Kier alpha value is -2.21. The Labute approximate surface area is 103 Å². The number of hydrogen-bond acceptors (Lipinski definition) is 3. The molecule has 0 aliphatic carbocycles. The lowest BCUT2D eigenvalue weighted by molar-refractivity contribution is 0.0948. The van der Waals surface area contributed by atoms with Crippen LogP contribution < -0.4 is 11.3 Å². The first kappa shape index (κ1) is 12.3. The van der Waals surface area contributed by atoms with Gasteiger partial charge in [-0.2, -0.15) is 5.10 Å². The van der Waals surface area contributed by atoms with Crippen molar-refractivity contribution in [2.24, 2.45) is 5.84 Å². The number of hydrogen-bond donors (Lipinski definition) is 2. The lowest BCUT2D eigenvalue weighted by Gasteiger charge is -2.04. The van der Waals surface area contributed by atoms with Gasteiger partial charge in [0, 0.05) is 5.69 Å². The van der Waals surface area contributed by atoms with Crippen LogP contribution in [0.4, 0.5) is 4.39 Å². The van der Waals surface area contributed by atoms with Crippen LogP contribution in [-0.2, 0) is 6.54 Å². The van der Waals surface area contributed by atoms with Crippen LogP contribution in [0.1, 0.15) is 21.7 Å². The molecule has 0 saturated carbocycles. The van der Waals surface area contributed by atoms with Crippen LogP contribution >= 0.6 is 0 Å². The Morgan fingerprint density at radius 1 is 1.44 bits per heavy atom. The molecule has 1 amide bonds. The SMILES string of the molecule is Cc1cc(C(=O)NN)nn1Cc1ccc(F)cc1. The number of nitrogen functional groups attached to an aromatic ring is 1. The summed E-state index contributed by atoms with van der Waals surface area (Å²) in [5.41, 5.74) is 4.03. The van der Waals surface area contributed by atoms with Crippen LogP contribution in [-0.4, -0.2) is 15.7 Å². The van der Waals surface area contributed by atoms with E-state index in [4.69, 9.17) is 5.84 Å². The molecule has 1 aromatic carbocycles. The van der Waals surface area contributed by atoms with E-state index < -0.39 is 5.91 Å². The van der Waals surface area contributed by atoms with Crippen molar-refractivity contribution in [1.29, 1.82) is 0 Å². The molecule has 5 nitrogen and oxygen atoms in total. The number of benzene rings is 1. The van der Waals surface area contributed by atoms with E-state index in [1.807, 2.05) is 12.3 Å². The molecule has 0 aliphatic rings. The molecule has 94 valence electrons. The van der Waals surface area contributed by atoms with Gasteiger partial charge in [0.1, 0.15) is 5.82 Å². The van der Waals surface area contributed by atoms with Crippen LogP contribution in [0.5, 0.6) is 0 Å². The van der Waals surface area contributed by atoms with Crippen molar-refractivity contribution in [2.45, 2.75) is 13.5 Å². The molecule has 0 bridgehead atoms. The predicted octanol–water partition coefficient (Wildman–Crippen LogP) is 0.982. The van der Waals surface area contributed by atoms with Crippen molar-refractivity contribution in [2.75, 3.05) is 0 Å². The minimum atomic E-state index is -0.434. The summed E-state index contributed by atoms with van der Waals surface area (Å²) in [6.45, 7) is 2.31. The van der Waals surface area contributed by atoms with Gasteiger partial charge in [0.2, 0.25) is 0 Å². The number of carbonyl (C=O) groups excluding carboxylic acids is 1. The third-order valence-corrected chi connectivity index (χ3v) is 2.59. The fourth-order valence-corrected chi connectivity index (χ4v) is 1.62. The van der Waals surface area contributed by atoms with Gasteiger partial charge >= 0.3 is 0 Å². The number of halogens is 1. The molecule has 0 atom stereocenters. The van der Waals surface area contributed by atoms with E-state index in [1.165, 1.54) is 12.1 Å². The Balaban J connectivity index is 2.21. The van der Waals surface area contributed by atoms with Gasteiger partial charge in [-0.3, -0.25) is 14.9 Å². The molecule has 0 radical (unpaired) electrons. The first-order valence-corrected chi connectivity index (χ1v) is 5.40. The lowest BCUT2D eigenvalue weighted by atomic mass is 10.2. The van der Waals surface area contributed by atoms with E-state index in [0.29, 0.717) is 6.54 Å². The average Bonchev–Trinajstić information content (AvgIpc) is 2.73. The summed E-state index contributed by atoms with van der Waals surface area (Å²) in [6, 6.07) is 7.79. The molecule has 0 aliphatic heterocycles. The highest BCUT2D eigenvalue weighted by Crippen LogP contribution is 2.08. The van der Waals surface area contributed by atoms with Crippen molar-refractivity contribution in [3.8, 4) is 0 Å². The zero-order chi connectivity index (χ0) is 13.1. The largest absolute Gasteiger partial charge is 0.289 e. The molecule has 1 heterocycles. The molecular formula is C12H13FN4O. The summed E-state index contributed by atoms with van der Waals surface area (Å²) in [5.74, 6) is 4.33. The van der Waals surface area contributed by atoms with Gasteiger partial charge in [-0.05, 0) is 30.7 Å². The number of aromatic nitrogens is 2. The molecule has 0 spiro atoms. The fraction of sp³-hybridized carbons (Fsp3) is 0.167. The second-order valence-corrected chi connectivity index (χ2v) is 3.93. The van der Waals surface area contributed by atoms with Crippen LogP contribution in [0.15, 0.2) is 30.3 Å². The first-order valence-electron chi connectivity index (χ1n) is 5.40. The van der Waals surface area contributed by atoms with E-state index in [9.17, 15) is 9.18 Å². The molecule has 6 heteroatoms. The predicted molar refractivity (Wildman–Crippen MR) is 64.1 cm³/mol. The standard InChI is InChI=1S/C12H13FN4O/c1-8-6-11(12(18)15-14)16-17(8)7-9-2-4-10(13)5-3-9/h2-6H,7,14H2,1H3,(H,15,18). The van der Waals surface area contributed by atoms with Crippen molar-refractivity contribution in [1.82, 2.24) is 15.2 Å². The number of aryl methyl sites for hydroxylation is 1. The number of carbonyl (C=O) groups is 1. The van der Waals surface area contributed by atoms with Gasteiger partial charge in [0.25, 0.3) is 5.91 Å². The molecule has 3 N–H and O–H groups in total. The first-order chi connectivity index (χ1) is 8.60. The summed E-state index contributed by atoms with van der Waals surface area (Å²) < 4.78 is 14.4. The van der Waals surface area contributed by atoms with Gasteiger partial charge in [-0.1, -0.05) is 12.1 Å². The van der Waals surface area contributed by atoms with Gasteiger partial charge in [-0.15, -0.1) is 0 Å². The smallest absolute Gasteiger partial charge is 0.285 e. The number of nitrogens with zero attached hydrogens (tertiary/aromatic N) is 2. The van der Waals surface area contributed by atoms with Crippen molar-refractivity contribution in [3.63, 3.8) is 0 Å². The molecule has 0 unspecified atom stereocenters. The zero-order valence-electron chi connectivity index (χ0n) is 9.85. The maximum absolute atomic E-state index is 12.8. The highest BCUT2D eigenvalue weighted by atomic mass is 19.1. The average molecular weight is 248 g/mol. The van der Waals surface area contributed by atoms with Crippen LogP contribution in [0.3, 0.4) is 0 Å². The Morgan fingerprint density at radius 2 is 2.11 bits per heavy atom. The van der Waals surface area contributed by atoms with Crippen LogP contribution in [0, 0.1) is 12.7 Å². The minimum Gasteiger partial charge on any atom is -0.289 e. The van der Waals surface area contributed by atoms with E-state index in [2.05, 4.69) is 5.10 Å². The quantitative estimate of drug-likeness (QED) is 0.483. The molecule has 2 aromatic rings. The van der Waals surface area contributed by atoms with Gasteiger partial charge < -0.3 is 0 Å². The molecular weight excluding hydrogens is 235 g/mol. The summed E-state index contributed by atoms with van der Waals surface area (Å²) in [6.07, 6.45) is 0. The van der Waals surface area contributed by atoms with E-state index in [0.717, 1.165) is 11.3 Å². The highest BCUT2D eigenvalue weighted by molar-refractivity contribution is 5.91. The van der Waals surface area contributed by atoms with E-state index in [1.54, 1.807) is 22.9 Å². The van der Waals surface area contributed by atoms with Crippen molar-refractivity contribution in [3.05, 3.63) is 53.1 Å². The number of rotatable bonds is 3. The Bertz CT molecular complexity index is 562. The summed E-state index contributed by atoms with van der Waals surface area (Å²) in [5, 5.41) is 4.13. The molecule has 0 saturated heterocycles. The Morgan fingerprint density at radius 3 is 2.72 bits per heavy atom. The van der Waals surface area contributed by atoms with E-state index in [-0.39, 0.29) is 11.5 Å². The molecule has 1 aromatic heterocycles. The second kappa shape index (κ2) is 4.97. The number of hydrazine groups is 1.